The molecule has 0 aliphatic heterocycles. The molecule has 1 aromatic heterocycles. The van der Waals surface area contributed by atoms with Crippen LogP contribution in [0.3, 0.4) is 0 Å². The summed E-state index contributed by atoms with van der Waals surface area (Å²) in [6.07, 6.45) is 9.64. The third-order valence-corrected chi connectivity index (χ3v) is 3.83. The second kappa shape index (κ2) is 4.89. The molecule has 1 atom stereocenters. The second-order valence-electron chi connectivity index (χ2n) is 4.28. The van der Waals surface area contributed by atoms with Crippen LogP contribution in [-0.4, -0.2) is 11.0 Å². The number of nitrogens with zero attached hydrogens (tertiary/aromatic N) is 1. The molecule has 1 heterocycles. The van der Waals surface area contributed by atoms with Gasteiger partial charge in [-0.05, 0) is 12.3 Å². The van der Waals surface area contributed by atoms with E-state index in [1.807, 2.05) is 11.6 Å². The van der Waals surface area contributed by atoms with Gasteiger partial charge in [0.15, 0.2) is 0 Å². The summed E-state index contributed by atoms with van der Waals surface area (Å²) in [5.41, 5.74) is 6.11. The Kier molecular flexibility index (Phi) is 3.54. The van der Waals surface area contributed by atoms with Crippen molar-refractivity contribution in [2.24, 2.45) is 11.7 Å². The van der Waals surface area contributed by atoms with Gasteiger partial charge in [0, 0.05) is 24.0 Å². The Bertz CT molecular complexity index is 252. The maximum Gasteiger partial charge on any atom is 0.0940 e. The van der Waals surface area contributed by atoms with Crippen LogP contribution < -0.4 is 5.73 Å². The lowest BCUT2D eigenvalue weighted by Gasteiger charge is -2.14. The van der Waals surface area contributed by atoms with Crippen molar-refractivity contribution in [2.45, 2.75) is 44.6 Å². The molecule has 14 heavy (non-hydrogen) atoms. The highest BCUT2D eigenvalue weighted by Gasteiger charge is 2.18. The van der Waals surface area contributed by atoms with Crippen molar-refractivity contribution in [3.63, 3.8) is 0 Å². The van der Waals surface area contributed by atoms with E-state index in [1.54, 1.807) is 11.3 Å². The maximum atomic E-state index is 6.11. The summed E-state index contributed by atoms with van der Waals surface area (Å²) >= 11 is 1.72. The standard InChI is InChI=1S/C11H18N2S/c12-10(7-9-3-1-2-4-9)8-11-13-5-6-14-11/h5-6,9-10H,1-4,7-8,12H2. The zero-order valence-electron chi connectivity index (χ0n) is 8.48. The lowest BCUT2D eigenvalue weighted by atomic mass is 9.97. The highest BCUT2D eigenvalue weighted by Crippen LogP contribution is 2.28. The van der Waals surface area contributed by atoms with Gasteiger partial charge in [0.1, 0.15) is 0 Å². The third-order valence-electron chi connectivity index (χ3n) is 3.03. The highest BCUT2D eigenvalue weighted by atomic mass is 32.1. The number of aromatic nitrogens is 1. The Morgan fingerprint density at radius 3 is 2.93 bits per heavy atom. The fraction of sp³-hybridized carbons (Fsp3) is 0.727. The summed E-state index contributed by atoms with van der Waals surface area (Å²) in [6.45, 7) is 0. The number of hydrogen-bond acceptors (Lipinski definition) is 3. The van der Waals surface area contributed by atoms with Crippen LogP contribution in [0.2, 0.25) is 0 Å². The third kappa shape index (κ3) is 2.79. The van der Waals surface area contributed by atoms with Crippen LogP contribution in [0.15, 0.2) is 11.6 Å². The number of hydrogen-bond donors (Lipinski definition) is 1. The molecule has 0 radical (unpaired) electrons. The van der Waals surface area contributed by atoms with Gasteiger partial charge in [-0.15, -0.1) is 11.3 Å². The molecule has 2 nitrogen and oxygen atoms in total. The van der Waals surface area contributed by atoms with Crippen LogP contribution in [0.1, 0.15) is 37.1 Å². The van der Waals surface area contributed by atoms with Gasteiger partial charge in [-0.3, -0.25) is 0 Å². The molecule has 1 saturated carbocycles. The van der Waals surface area contributed by atoms with Crippen LogP contribution in [0.4, 0.5) is 0 Å². The van der Waals surface area contributed by atoms with Crippen molar-refractivity contribution in [2.75, 3.05) is 0 Å². The first-order chi connectivity index (χ1) is 6.84. The largest absolute Gasteiger partial charge is 0.327 e. The Hall–Kier alpha value is -0.410. The molecule has 1 aliphatic carbocycles. The van der Waals surface area contributed by atoms with Crippen LogP contribution in [-0.2, 0) is 6.42 Å². The summed E-state index contributed by atoms with van der Waals surface area (Å²) < 4.78 is 0. The van der Waals surface area contributed by atoms with Gasteiger partial charge in [0.2, 0.25) is 0 Å². The van der Waals surface area contributed by atoms with Crippen LogP contribution in [0.25, 0.3) is 0 Å². The molecular formula is C11H18N2S. The molecule has 1 fully saturated rings. The first-order valence-corrected chi connectivity index (χ1v) is 6.36. The molecule has 1 unspecified atom stereocenters. The molecule has 2 N–H and O–H groups in total. The zero-order valence-corrected chi connectivity index (χ0v) is 9.30. The summed E-state index contributed by atoms with van der Waals surface area (Å²) in [6, 6.07) is 0.323. The molecule has 3 heteroatoms. The molecule has 1 aromatic rings. The van der Waals surface area contributed by atoms with E-state index >= 15 is 0 Å². The second-order valence-corrected chi connectivity index (χ2v) is 5.26. The Morgan fingerprint density at radius 2 is 2.29 bits per heavy atom. The minimum atomic E-state index is 0.323. The van der Waals surface area contributed by atoms with Crippen molar-refractivity contribution >= 4 is 11.3 Å². The predicted molar refractivity (Wildman–Crippen MR) is 60.4 cm³/mol. The number of thiazole rings is 1. The van der Waals surface area contributed by atoms with Crippen molar-refractivity contribution in [1.82, 2.24) is 4.98 Å². The quantitative estimate of drug-likeness (QED) is 0.829. The Morgan fingerprint density at radius 1 is 1.50 bits per heavy atom. The first kappa shape index (κ1) is 10.1. The zero-order chi connectivity index (χ0) is 9.80. The van der Waals surface area contributed by atoms with Crippen LogP contribution >= 0.6 is 11.3 Å². The average Bonchev–Trinajstić information content (AvgIpc) is 2.76. The molecule has 0 bridgehead atoms. The molecule has 0 spiro atoms. The van der Waals surface area contributed by atoms with Gasteiger partial charge < -0.3 is 5.73 Å². The SMILES string of the molecule is NC(Cc1nccs1)CC1CCCC1. The van der Waals surface area contributed by atoms with Crippen molar-refractivity contribution < 1.29 is 0 Å². The summed E-state index contributed by atoms with van der Waals surface area (Å²) in [7, 11) is 0. The van der Waals surface area contributed by atoms with E-state index < -0.39 is 0 Å². The molecule has 78 valence electrons. The fourth-order valence-corrected chi connectivity index (χ4v) is 3.05. The van der Waals surface area contributed by atoms with Crippen molar-refractivity contribution in [3.8, 4) is 0 Å². The molecule has 0 aromatic carbocycles. The highest BCUT2D eigenvalue weighted by molar-refractivity contribution is 7.09. The van der Waals surface area contributed by atoms with E-state index in [1.165, 1.54) is 37.1 Å². The lowest BCUT2D eigenvalue weighted by molar-refractivity contribution is 0.440. The summed E-state index contributed by atoms with van der Waals surface area (Å²) in [5.74, 6) is 0.893. The van der Waals surface area contributed by atoms with E-state index in [0.717, 1.165) is 12.3 Å². The number of nitrogens with two attached hydrogens (primary N) is 1. The summed E-state index contributed by atoms with van der Waals surface area (Å²) in [5, 5.41) is 3.22. The van der Waals surface area contributed by atoms with Gasteiger partial charge in [0.25, 0.3) is 0 Å². The lowest BCUT2D eigenvalue weighted by Crippen LogP contribution is -2.25. The number of rotatable bonds is 4. The van der Waals surface area contributed by atoms with Crippen LogP contribution in [0.5, 0.6) is 0 Å². The molecular weight excluding hydrogens is 192 g/mol. The minimum absolute atomic E-state index is 0.323. The predicted octanol–water partition coefficient (Wildman–Crippen LogP) is 2.59. The first-order valence-electron chi connectivity index (χ1n) is 5.48. The van der Waals surface area contributed by atoms with Crippen molar-refractivity contribution in [3.05, 3.63) is 16.6 Å². The van der Waals surface area contributed by atoms with Gasteiger partial charge in [-0.1, -0.05) is 25.7 Å². The van der Waals surface area contributed by atoms with Crippen molar-refractivity contribution in [1.29, 1.82) is 0 Å². The van der Waals surface area contributed by atoms with Gasteiger partial charge in [0.05, 0.1) is 5.01 Å². The van der Waals surface area contributed by atoms with E-state index in [9.17, 15) is 0 Å². The van der Waals surface area contributed by atoms with Gasteiger partial charge in [-0.2, -0.15) is 0 Å². The molecule has 0 saturated heterocycles. The fourth-order valence-electron chi connectivity index (χ4n) is 2.34. The minimum Gasteiger partial charge on any atom is -0.327 e. The van der Waals surface area contributed by atoms with Crippen LogP contribution in [0, 0.1) is 5.92 Å². The molecule has 1 aliphatic rings. The van der Waals surface area contributed by atoms with E-state index in [4.69, 9.17) is 5.73 Å². The average molecular weight is 210 g/mol. The van der Waals surface area contributed by atoms with Gasteiger partial charge in [-0.25, -0.2) is 4.98 Å². The van der Waals surface area contributed by atoms with E-state index in [0.29, 0.717) is 6.04 Å². The van der Waals surface area contributed by atoms with E-state index in [2.05, 4.69) is 4.98 Å². The molecule has 0 amide bonds. The topological polar surface area (TPSA) is 38.9 Å². The Labute approximate surface area is 89.5 Å². The normalized spacial score (nSPS) is 20.1. The monoisotopic (exact) mass is 210 g/mol. The summed E-state index contributed by atoms with van der Waals surface area (Å²) in [4.78, 5) is 4.27. The van der Waals surface area contributed by atoms with Gasteiger partial charge >= 0.3 is 0 Å². The maximum absolute atomic E-state index is 6.11. The smallest absolute Gasteiger partial charge is 0.0940 e. The Balaban J connectivity index is 1.75. The molecule has 2 rings (SSSR count). The van der Waals surface area contributed by atoms with E-state index in [-0.39, 0.29) is 0 Å².